The van der Waals surface area contributed by atoms with Crippen molar-refractivity contribution in [3.8, 4) is 0 Å². The summed E-state index contributed by atoms with van der Waals surface area (Å²) in [4.78, 5) is 2.62. The first-order chi connectivity index (χ1) is 6.98. The molecule has 2 aliphatic rings. The van der Waals surface area contributed by atoms with Crippen molar-refractivity contribution in [3.63, 3.8) is 0 Å². The second-order valence-corrected chi connectivity index (χ2v) is 6.20. The molecule has 1 saturated carbocycles. The number of aliphatic hydroxyl groups is 1. The Bertz CT molecular complexity index is 217. The lowest BCUT2D eigenvalue weighted by Gasteiger charge is -2.49. The minimum Gasteiger partial charge on any atom is -0.390 e. The Kier molecular flexibility index (Phi) is 3.09. The van der Waals surface area contributed by atoms with Gasteiger partial charge in [-0.05, 0) is 51.0 Å². The Balaban J connectivity index is 1.84. The minimum atomic E-state index is -0.366. The van der Waals surface area contributed by atoms with Crippen molar-refractivity contribution in [1.29, 1.82) is 0 Å². The number of hydrogen-bond acceptors (Lipinski definition) is 2. The van der Waals surface area contributed by atoms with Gasteiger partial charge in [0.05, 0.1) is 5.60 Å². The van der Waals surface area contributed by atoms with Gasteiger partial charge in [-0.2, -0.15) is 0 Å². The SMILES string of the molecule is CC(C)[C@H]1CCCN(C2CC(C)(O)C2)C1. The van der Waals surface area contributed by atoms with Gasteiger partial charge in [-0.1, -0.05) is 13.8 Å². The van der Waals surface area contributed by atoms with Gasteiger partial charge in [0.15, 0.2) is 0 Å². The van der Waals surface area contributed by atoms with Gasteiger partial charge in [0.25, 0.3) is 0 Å². The van der Waals surface area contributed by atoms with Gasteiger partial charge in [0.1, 0.15) is 0 Å². The Morgan fingerprint density at radius 2 is 2.00 bits per heavy atom. The summed E-state index contributed by atoms with van der Waals surface area (Å²) >= 11 is 0. The number of hydrogen-bond donors (Lipinski definition) is 1. The molecular weight excluding hydrogens is 186 g/mol. The maximum absolute atomic E-state index is 9.76. The van der Waals surface area contributed by atoms with E-state index in [-0.39, 0.29) is 5.60 Å². The standard InChI is InChI=1S/C13H25NO/c1-10(2)11-5-4-6-14(9-11)12-7-13(3,15)8-12/h10-12,15H,4-9H2,1-3H3/t11-,12?,13?/m0/s1. The number of piperidine rings is 1. The molecule has 0 aromatic carbocycles. The third kappa shape index (κ3) is 2.54. The fourth-order valence-corrected chi connectivity index (χ4v) is 3.13. The first kappa shape index (κ1) is 11.4. The van der Waals surface area contributed by atoms with E-state index in [1.807, 2.05) is 6.92 Å². The summed E-state index contributed by atoms with van der Waals surface area (Å²) in [6.45, 7) is 9.16. The molecule has 1 saturated heterocycles. The minimum absolute atomic E-state index is 0.366. The summed E-state index contributed by atoms with van der Waals surface area (Å²) < 4.78 is 0. The maximum Gasteiger partial charge on any atom is 0.0649 e. The molecule has 1 N–H and O–H groups in total. The number of nitrogens with zero attached hydrogens (tertiary/aromatic N) is 1. The zero-order chi connectivity index (χ0) is 11.1. The highest BCUT2D eigenvalue weighted by atomic mass is 16.3. The van der Waals surface area contributed by atoms with Crippen molar-refractivity contribution in [2.45, 2.75) is 58.1 Å². The van der Waals surface area contributed by atoms with E-state index < -0.39 is 0 Å². The van der Waals surface area contributed by atoms with Crippen molar-refractivity contribution in [1.82, 2.24) is 4.90 Å². The summed E-state index contributed by atoms with van der Waals surface area (Å²) in [7, 11) is 0. The van der Waals surface area contributed by atoms with Crippen LogP contribution in [0.1, 0.15) is 46.5 Å². The van der Waals surface area contributed by atoms with Crippen LogP contribution in [0.2, 0.25) is 0 Å². The summed E-state index contributed by atoms with van der Waals surface area (Å²) in [6.07, 6.45) is 4.72. The Morgan fingerprint density at radius 1 is 1.33 bits per heavy atom. The van der Waals surface area contributed by atoms with E-state index in [1.54, 1.807) is 0 Å². The van der Waals surface area contributed by atoms with Gasteiger partial charge in [-0.15, -0.1) is 0 Å². The highest BCUT2D eigenvalue weighted by molar-refractivity contribution is 4.97. The lowest BCUT2D eigenvalue weighted by molar-refractivity contribution is -0.0878. The highest BCUT2D eigenvalue weighted by Crippen LogP contribution is 2.37. The molecule has 0 bridgehead atoms. The number of likely N-dealkylation sites (tertiary alicyclic amines) is 1. The largest absolute Gasteiger partial charge is 0.390 e. The van der Waals surface area contributed by atoms with Gasteiger partial charge in [-0.3, -0.25) is 4.90 Å². The van der Waals surface area contributed by atoms with E-state index in [1.165, 1.54) is 25.9 Å². The van der Waals surface area contributed by atoms with Gasteiger partial charge in [-0.25, -0.2) is 0 Å². The molecular formula is C13H25NO. The zero-order valence-electron chi connectivity index (χ0n) is 10.4. The molecule has 0 amide bonds. The summed E-state index contributed by atoms with van der Waals surface area (Å²) in [5.41, 5.74) is -0.366. The lowest BCUT2D eigenvalue weighted by Crippen LogP contribution is -2.56. The number of rotatable bonds is 2. The molecule has 0 unspecified atom stereocenters. The van der Waals surface area contributed by atoms with E-state index in [2.05, 4.69) is 18.7 Å². The topological polar surface area (TPSA) is 23.5 Å². The van der Waals surface area contributed by atoms with Gasteiger partial charge >= 0.3 is 0 Å². The molecule has 1 atom stereocenters. The van der Waals surface area contributed by atoms with Crippen LogP contribution >= 0.6 is 0 Å². The molecule has 0 aromatic heterocycles. The van der Waals surface area contributed by atoms with Gasteiger partial charge in [0, 0.05) is 12.6 Å². The maximum atomic E-state index is 9.76. The Hall–Kier alpha value is -0.0800. The van der Waals surface area contributed by atoms with E-state index in [0.29, 0.717) is 6.04 Å². The molecule has 2 heteroatoms. The second kappa shape index (κ2) is 4.06. The third-order valence-corrected chi connectivity index (χ3v) is 4.30. The van der Waals surface area contributed by atoms with E-state index in [9.17, 15) is 5.11 Å². The molecule has 0 aromatic rings. The monoisotopic (exact) mass is 211 g/mol. The molecule has 0 spiro atoms. The van der Waals surface area contributed by atoms with Gasteiger partial charge < -0.3 is 5.11 Å². The van der Waals surface area contributed by atoms with Crippen molar-refractivity contribution < 1.29 is 5.11 Å². The van der Waals surface area contributed by atoms with E-state index in [0.717, 1.165) is 24.7 Å². The van der Waals surface area contributed by atoms with Crippen LogP contribution in [0.15, 0.2) is 0 Å². The fourth-order valence-electron chi connectivity index (χ4n) is 3.13. The van der Waals surface area contributed by atoms with Crippen LogP contribution < -0.4 is 0 Å². The molecule has 1 heterocycles. The third-order valence-electron chi connectivity index (χ3n) is 4.30. The summed E-state index contributed by atoms with van der Waals surface area (Å²) in [6, 6.07) is 0.668. The molecule has 2 rings (SSSR count). The van der Waals surface area contributed by atoms with Crippen LogP contribution in [0, 0.1) is 11.8 Å². The van der Waals surface area contributed by atoms with Crippen molar-refractivity contribution in [2.24, 2.45) is 11.8 Å². The molecule has 1 aliphatic heterocycles. The zero-order valence-corrected chi connectivity index (χ0v) is 10.4. The van der Waals surface area contributed by atoms with Crippen LogP contribution in [0.3, 0.4) is 0 Å². The van der Waals surface area contributed by atoms with Crippen LogP contribution in [-0.4, -0.2) is 34.7 Å². The smallest absolute Gasteiger partial charge is 0.0649 e. The molecule has 1 aliphatic carbocycles. The predicted molar refractivity (Wildman–Crippen MR) is 62.8 cm³/mol. The first-order valence-corrected chi connectivity index (χ1v) is 6.44. The van der Waals surface area contributed by atoms with Gasteiger partial charge in [0.2, 0.25) is 0 Å². The van der Waals surface area contributed by atoms with Crippen molar-refractivity contribution in [3.05, 3.63) is 0 Å². The van der Waals surface area contributed by atoms with Crippen LogP contribution in [0.25, 0.3) is 0 Å². The summed E-state index contributed by atoms with van der Waals surface area (Å²) in [5, 5.41) is 9.76. The Labute approximate surface area is 93.7 Å². The van der Waals surface area contributed by atoms with Crippen LogP contribution in [0.5, 0.6) is 0 Å². The molecule has 88 valence electrons. The molecule has 15 heavy (non-hydrogen) atoms. The quantitative estimate of drug-likeness (QED) is 0.757. The van der Waals surface area contributed by atoms with E-state index in [4.69, 9.17) is 0 Å². The van der Waals surface area contributed by atoms with E-state index >= 15 is 0 Å². The van der Waals surface area contributed by atoms with Crippen molar-refractivity contribution >= 4 is 0 Å². The average Bonchev–Trinajstić information content (AvgIpc) is 2.14. The first-order valence-electron chi connectivity index (χ1n) is 6.44. The molecule has 0 radical (unpaired) electrons. The van der Waals surface area contributed by atoms with Crippen molar-refractivity contribution in [2.75, 3.05) is 13.1 Å². The fraction of sp³-hybridized carbons (Fsp3) is 1.00. The Morgan fingerprint density at radius 3 is 2.53 bits per heavy atom. The van der Waals surface area contributed by atoms with Crippen LogP contribution in [0.4, 0.5) is 0 Å². The highest BCUT2D eigenvalue weighted by Gasteiger charge is 2.42. The molecule has 2 nitrogen and oxygen atoms in total. The average molecular weight is 211 g/mol. The normalized spacial score (nSPS) is 43.0. The van der Waals surface area contributed by atoms with Crippen LogP contribution in [-0.2, 0) is 0 Å². The molecule has 2 fully saturated rings. The second-order valence-electron chi connectivity index (χ2n) is 6.20. The predicted octanol–water partition coefficient (Wildman–Crippen LogP) is 2.27. The lowest BCUT2D eigenvalue weighted by atomic mass is 9.75. The summed E-state index contributed by atoms with van der Waals surface area (Å²) in [5.74, 6) is 1.69.